The Hall–Kier alpha value is -5.98. The lowest BCUT2D eigenvalue weighted by Gasteiger charge is -2.22. The van der Waals surface area contributed by atoms with Crippen molar-refractivity contribution < 1.29 is 0 Å². The third kappa shape index (κ3) is 4.04. The van der Waals surface area contributed by atoms with Gasteiger partial charge in [0.05, 0.1) is 0 Å². The fraction of sp³-hybridized carbons (Fsp3) is 0.0612. The van der Waals surface area contributed by atoms with Crippen LogP contribution in [-0.4, -0.2) is 0 Å². The first-order valence-electron chi connectivity index (χ1n) is 17.3. The first kappa shape index (κ1) is 28.1. The summed E-state index contributed by atoms with van der Waals surface area (Å²) in [6, 6.07) is 63.1. The van der Waals surface area contributed by atoms with Crippen molar-refractivity contribution in [2.75, 3.05) is 0 Å². The van der Waals surface area contributed by atoms with Crippen LogP contribution in [0.4, 0.5) is 0 Å². The van der Waals surface area contributed by atoms with E-state index in [9.17, 15) is 0 Å². The van der Waals surface area contributed by atoms with Crippen molar-refractivity contribution in [1.82, 2.24) is 0 Å². The molecule has 9 aromatic carbocycles. The molecular weight excluding hydrogens is 589 g/mol. The van der Waals surface area contributed by atoms with E-state index >= 15 is 0 Å². The van der Waals surface area contributed by atoms with E-state index in [4.69, 9.17) is 0 Å². The van der Waals surface area contributed by atoms with Gasteiger partial charge in [0.15, 0.2) is 0 Å². The maximum Gasteiger partial charge on any atom is 0.0159 e. The van der Waals surface area contributed by atoms with Gasteiger partial charge in [-0.15, -0.1) is 0 Å². The van der Waals surface area contributed by atoms with Gasteiger partial charge in [-0.05, 0) is 105 Å². The molecule has 1 aliphatic carbocycles. The third-order valence-electron chi connectivity index (χ3n) is 11.1. The quantitative estimate of drug-likeness (QED) is 0.172. The van der Waals surface area contributed by atoms with Gasteiger partial charge < -0.3 is 0 Å². The van der Waals surface area contributed by atoms with Crippen molar-refractivity contribution in [2.24, 2.45) is 0 Å². The predicted octanol–water partition coefficient (Wildman–Crippen LogP) is 13.6. The second kappa shape index (κ2) is 10.5. The second-order valence-corrected chi connectivity index (χ2v) is 14.0. The summed E-state index contributed by atoms with van der Waals surface area (Å²) in [6.45, 7) is 4.72. The molecule has 0 aromatic heterocycles. The largest absolute Gasteiger partial charge is 0.0619 e. The summed E-state index contributed by atoms with van der Waals surface area (Å²) in [5.41, 5.74) is 13.2. The molecule has 0 bridgehead atoms. The Balaban J connectivity index is 1.23. The van der Waals surface area contributed by atoms with Gasteiger partial charge in [0.25, 0.3) is 0 Å². The van der Waals surface area contributed by atoms with E-state index in [2.05, 4.69) is 184 Å². The van der Waals surface area contributed by atoms with Crippen LogP contribution in [0.2, 0.25) is 0 Å². The zero-order valence-electron chi connectivity index (χ0n) is 27.7. The molecule has 0 saturated heterocycles. The monoisotopic (exact) mass is 622 g/mol. The average molecular weight is 623 g/mol. The Kier molecular flexibility index (Phi) is 6.02. The molecule has 10 rings (SSSR count). The molecule has 0 aliphatic heterocycles. The molecule has 0 fully saturated rings. The van der Waals surface area contributed by atoms with Crippen LogP contribution in [0.25, 0.3) is 87.6 Å². The molecule has 1 aliphatic rings. The first-order valence-corrected chi connectivity index (χ1v) is 17.3. The van der Waals surface area contributed by atoms with Crippen LogP contribution >= 0.6 is 0 Å². The van der Waals surface area contributed by atoms with Crippen LogP contribution in [-0.2, 0) is 5.41 Å². The maximum absolute atomic E-state index is 2.44. The van der Waals surface area contributed by atoms with Crippen LogP contribution in [0.5, 0.6) is 0 Å². The highest BCUT2D eigenvalue weighted by atomic mass is 14.4. The number of rotatable bonds is 3. The Morgan fingerprint density at radius 2 is 0.735 bits per heavy atom. The molecule has 0 radical (unpaired) electrons. The van der Waals surface area contributed by atoms with E-state index < -0.39 is 0 Å². The molecule has 9 aromatic rings. The van der Waals surface area contributed by atoms with Crippen LogP contribution in [0.1, 0.15) is 25.0 Å². The number of fused-ring (bicyclic) bond motifs is 7. The van der Waals surface area contributed by atoms with Gasteiger partial charge in [0, 0.05) is 5.41 Å². The summed E-state index contributed by atoms with van der Waals surface area (Å²) in [7, 11) is 0. The minimum absolute atomic E-state index is 0.0403. The summed E-state index contributed by atoms with van der Waals surface area (Å²) in [4.78, 5) is 0. The molecule has 0 atom stereocenters. The lowest BCUT2D eigenvalue weighted by molar-refractivity contribution is 0.660. The van der Waals surface area contributed by atoms with Gasteiger partial charge in [-0.25, -0.2) is 0 Å². The van der Waals surface area contributed by atoms with Crippen LogP contribution in [0.15, 0.2) is 170 Å². The first-order chi connectivity index (χ1) is 24.1. The highest BCUT2D eigenvalue weighted by Crippen LogP contribution is 2.51. The summed E-state index contributed by atoms with van der Waals surface area (Å²) >= 11 is 0. The zero-order chi connectivity index (χ0) is 32.7. The maximum atomic E-state index is 2.44. The molecule has 0 N–H and O–H groups in total. The van der Waals surface area contributed by atoms with Crippen molar-refractivity contribution >= 4 is 43.1 Å². The Morgan fingerprint density at radius 1 is 0.306 bits per heavy atom. The topological polar surface area (TPSA) is 0 Å². The molecule has 0 amide bonds. The van der Waals surface area contributed by atoms with Gasteiger partial charge in [-0.1, -0.05) is 178 Å². The minimum atomic E-state index is -0.0403. The van der Waals surface area contributed by atoms with E-state index in [1.54, 1.807) is 0 Å². The lowest BCUT2D eigenvalue weighted by Crippen LogP contribution is -2.14. The van der Waals surface area contributed by atoms with E-state index in [-0.39, 0.29) is 5.41 Å². The second-order valence-electron chi connectivity index (χ2n) is 14.0. The van der Waals surface area contributed by atoms with Crippen molar-refractivity contribution in [1.29, 1.82) is 0 Å². The zero-order valence-corrected chi connectivity index (χ0v) is 27.7. The molecule has 0 spiro atoms. The molecule has 230 valence electrons. The van der Waals surface area contributed by atoms with Crippen molar-refractivity contribution in [2.45, 2.75) is 19.3 Å². The van der Waals surface area contributed by atoms with Crippen LogP contribution in [0.3, 0.4) is 0 Å². The molecule has 0 heterocycles. The molecule has 0 nitrogen and oxygen atoms in total. The van der Waals surface area contributed by atoms with E-state index in [1.807, 2.05) is 0 Å². The van der Waals surface area contributed by atoms with E-state index in [0.29, 0.717) is 0 Å². The smallest absolute Gasteiger partial charge is 0.0159 e. The SMILES string of the molecule is CC1(C)c2ccccc2-c2ccc(-c3ccc(-c4c5ccccc5c(-c5cccc6ccccc56)c5ccccc45)c4ccccc34)cc21. The van der Waals surface area contributed by atoms with Crippen LogP contribution in [0, 0.1) is 0 Å². The average Bonchev–Trinajstić information content (AvgIpc) is 3.39. The Morgan fingerprint density at radius 3 is 1.41 bits per heavy atom. The van der Waals surface area contributed by atoms with Gasteiger partial charge in [0.1, 0.15) is 0 Å². The normalized spacial score (nSPS) is 13.3. The summed E-state index contributed by atoms with van der Waals surface area (Å²) in [6.07, 6.45) is 0. The van der Waals surface area contributed by atoms with Crippen molar-refractivity contribution in [3.05, 3.63) is 181 Å². The molecule has 0 heteroatoms. The summed E-state index contributed by atoms with van der Waals surface area (Å²) in [5.74, 6) is 0. The highest BCUT2D eigenvalue weighted by molar-refractivity contribution is 6.25. The van der Waals surface area contributed by atoms with Crippen molar-refractivity contribution in [3.8, 4) is 44.5 Å². The summed E-state index contributed by atoms with van der Waals surface area (Å²) in [5, 5.41) is 10.2. The number of benzene rings is 9. The molecular formula is C49H34. The third-order valence-corrected chi connectivity index (χ3v) is 11.1. The molecule has 0 unspecified atom stereocenters. The van der Waals surface area contributed by atoms with Crippen LogP contribution < -0.4 is 0 Å². The summed E-state index contributed by atoms with van der Waals surface area (Å²) < 4.78 is 0. The fourth-order valence-electron chi connectivity index (χ4n) is 8.79. The predicted molar refractivity (Wildman–Crippen MR) is 210 cm³/mol. The van der Waals surface area contributed by atoms with E-state index in [1.165, 1.54) is 98.7 Å². The number of hydrogen-bond acceptors (Lipinski definition) is 0. The van der Waals surface area contributed by atoms with Gasteiger partial charge in [0.2, 0.25) is 0 Å². The highest BCUT2D eigenvalue weighted by Gasteiger charge is 2.35. The minimum Gasteiger partial charge on any atom is -0.0619 e. The Labute approximate surface area is 286 Å². The van der Waals surface area contributed by atoms with Gasteiger partial charge in [-0.3, -0.25) is 0 Å². The fourth-order valence-corrected chi connectivity index (χ4v) is 8.79. The van der Waals surface area contributed by atoms with Gasteiger partial charge in [-0.2, -0.15) is 0 Å². The lowest BCUT2D eigenvalue weighted by atomic mass is 9.81. The van der Waals surface area contributed by atoms with Crippen molar-refractivity contribution in [3.63, 3.8) is 0 Å². The Bertz CT molecular complexity index is 2730. The number of hydrogen-bond donors (Lipinski definition) is 0. The van der Waals surface area contributed by atoms with Gasteiger partial charge >= 0.3 is 0 Å². The molecule has 0 saturated carbocycles. The standard InChI is InChI=1S/C49H34/c1-49(2)45-25-12-11-19-37(45)38-27-26-32(30-46(38)49)34-28-29-44(36-18-6-5-17-35(34)36)48-42-22-9-7-20-40(42)47(41-21-8-10-23-43(41)48)39-24-13-15-31-14-3-4-16-33(31)39/h3-30H,1-2H3. The molecule has 49 heavy (non-hydrogen) atoms. The van der Waals surface area contributed by atoms with E-state index in [0.717, 1.165) is 0 Å².